The molecule has 1 fully saturated rings. The van der Waals surface area contributed by atoms with E-state index in [2.05, 4.69) is 36.2 Å². The van der Waals surface area contributed by atoms with Crippen LogP contribution in [0.5, 0.6) is 17.2 Å². The van der Waals surface area contributed by atoms with E-state index >= 15 is 0 Å². The van der Waals surface area contributed by atoms with E-state index in [1.807, 2.05) is 107 Å². The molecule has 1 unspecified atom stereocenters. The summed E-state index contributed by atoms with van der Waals surface area (Å²) in [6.07, 6.45) is 8.69. The van der Waals surface area contributed by atoms with Gasteiger partial charge in [0.1, 0.15) is 30.1 Å². The van der Waals surface area contributed by atoms with E-state index in [0.29, 0.717) is 77.9 Å². The number of methoxy groups -OCH3 is 1. The highest BCUT2D eigenvalue weighted by Gasteiger charge is 2.44. The summed E-state index contributed by atoms with van der Waals surface area (Å²) in [5.74, 6) is 0.123. The van der Waals surface area contributed by atoms with Gasteiger partial charge < -0.3 is 40.2 Å². The van der Waals surface area contributed by atoms with Crippen LogP contribution >= 0.6 is 11.3 Å². The number of benzene rings is 3. The van der Waals surface area contributed by atoms with Crippen molar-refractivity contribution in [1.29, 1.82) is 0 Å². The van der Waals surface area contributed by atoms with E-state index in [1.54, 1.807) is 47.5 Å². The van der Waals surface area contributed by atoms with Crippen molar-refractivity contribution in [2.24, 2.45) is 5.41 Å². The number of aromatic nitrogens is 5. The molecule has 0 bridgehead atoms. The molecule has 77 heavy (non-hydrogen) atoms. The van der Waals surface area contributed by atoms with E-state index in [9.17, 15) is 29.1 Å². The number of aryl methyl sites for hydroxylation is 2. The van der Waals surface area contributed by atoms with Gasteiger partial charge in [0.25, 0.3) is 0 Å². The molecular weight excluding hydrogens is 999 g/mol. The Bertz CT molecular complexity index is 3020. The number of aliphatic hydroxyl groups excluding tert-OH is 1. The Kier molecular flexibility index (Phi) is 19.8. The summed E-state index contributed by atoms with van der Waals surface area (Å²) in [6, 6.07) is 20.8. The van der Waals surface area contributed by atoms with Gasteiger partial charge in [-0.15, -0.1) is 16.4 Å². The van der Waals surface area contributed by atoms with Crippen molar-refractivity contribution >= 4 is 46.8 Å². The fourth-order valence-corrected chi connectivity index (χ4v) is 9.75. The number of aliphatic hydroxyl groups is 1. The van der Waals surface area contributed by atoms with Gasteiger partial charge in [0.05, 0.1) is 47.8 Å². The standard InChI is InChI=1S/C58H69N9O9S/c1-8-75-52-30-45(43(28-51(52)74-7)25-26-59-38(3)68)49(70)24-22-41-14-11-12-15-50(41)76-35-40-19-23-46(60-32-40)47-34-66(65-64-47)27-13-9-10-16-53(71)63-55(58(4,5)6)57(73)67-33-44(69)29-48(67)56(72)61-31-39-17-20-42(21-18-39)54-37(2)62-36-77-54/h11-12,14-15,17-24,28,30,32,34,36,44,48,55,69H,8-10,13,16,25-27,29,31,33,35H2,1-7H3,(H,59,68)(H,61,72)(H,63,71)/b24-22+/t44-,48?,55-/m1/s1. The molecule has 4 heterocycles. The Morgan fingerprint density at radius 3 is 2.39 bits per heavy atom. The lowest BCUT2D eigenvalue weighted by Gasteiger charge is -2.35. The summed E-state index contributed by atoms with van der Waals surface area (Å²) >= 11 is 1.57. The van der Waals surface area contributed by atoms with Crippen LogP contribution in [-0.4, -0.2) is 109 Å². The number of carbonyl (C=O) groups is 5. The van der Waals surface area contributed by atoms with Crippen molar-refractivity contribution < 1.29 is 43.3 Å². The zero-order chi connectivity index (χ0) is 55.1. The lowest BCUT2D eigenvalue weighted by molar-refractivity contribution is -0.144. The van der Waals surface area contributed by atoms with Gasteiger partial charge in [0.15, 0.2) is 17.3 Å². The predicted molar refractivity (Wildman–Crippen MR) is 294 cm³/mol. The second kappa shape index (κ2) is 26.8. The molecule has 4 amide bonds. The van der Waals surface area contributed by atoms with Crippen LogP contribution in [0.25, 0.3) is 27.9 Å². The van der Waals surface area contributed by atoms with Crippen molar-refractivity contribution in [3.8, 4) is 39.1 Å². The van der Waals surface area contributed by atoms with Crippen LogP contribution < -0.4 is 30.2 Å². The minimum Gasteiger partial charge on any atom is -0.493 e. The number of thiazole rings is 1. The van der Waals surface area contributed by atoms with Gasteiger partial charge in [0.2, 0.25) is 23.6 Å². The average molecular weight is 1070 g/mol. The Balaban J connectivity index is 0.854. The van der Waals surface area contributed by atoms with Gasteiger partial charge in [-0.05, 0) is 91.6 Å². The first kappa shape index (κ1) is 56.9. The van der Waals surface area contributed by atoms with E-state index < -0.39 is 29.5 Å². The number of ether oxygens (including phenoxy) is 3. The van der Waals surface area contributed by atoms with Gasteiger partial charge in [-0.3, -0.25) is 33.6 Å². The van der Waals surface area contributed by atoms with Crippen molar-refractivity contribution in [3.63, 3.8) is 0 Å². The number of hydrogen-bond acceptors (Lipinski definition) is 14. The molecule has 0 aliphatic carbocycles. The minimum atomic E-state index is -0.906. The van der Waals surface area contributed by atoms with E-state index in [1.165, 1.54) is 17.9 Å². The summed E-state index contributed by atoms with van der Waals surface area (Å²) in [4.78, 5) is 77.6. The first-order chi connectivity index (χ1) is 37.0. The van der Waals surface area contributed by atoms with Crippen molar-refractivity contribution in [2.45, 2.75) is 118 Å². The number of hydrogen-bond donors (Lipinski definition) is 4. The summed E-state index contributed by atoms with van der Waals surface area (Å²) in [7, 11) is 1.54. The van der Waals surface area contributed by atoms with Crippen molar-refractivity contribution in [3.05, 3.63) is 130 Å². The number of nitrogens with one attached hydrogen (secondary N) is 3. The lowest BCUT2D eigenvalue weighted by atomic mass is 9.85. The van der Waals surface area contributed by atoms with Crippen molar-refractivity contribution in [2.75, 3.05) is 26.8 Å². The summed E-state index contributed by atoms with van der Waals surface area (Å²) < 4.78 is 19.2. The maximum atomic E-state index is 14.1. The molecule has 18 nitrogen and oxygen atoms in total. The molecule has 19 heteroatoms. The van der Waals surface area contributed by atoms with E-state index in [4.69, 9.17) is 14.2 Å². The van der Waals surface area contributed by atoms with Gasteiger partial charge in [-0.1, -0.05) is 80.9 Å². The molecule has 6 aromatic rings. The maximum Gasteiger partial charge on any atom is 0.246 e. The summed E-state index contributed by atoms with van der Waals surface area (Å²) in [6.45, 7) is 12.7. The van der Waals surface area contributed by atoms with Gasteiger partial charge in [-0.2, -0.15) is 0 Å². The SMILES string of the molecule is CCOc1cc(C(=O)/C=C/c2ccccc2OCc2ccc(-c3cn(CCCCCC(=O)N[C@H](C(=O)N4C[C@H](O)CC4C(=O)NCc4ccc(-c5scnc5C)cc4)C(C)(C)C)nn3)nc2)c(CCNC(C)=O)cc1OC. The zero-order valence-electron chi connectivity index (χ0n) is 44.8. The number of rotatable bonds is 25. The highest BCUT2D eigenvalue weighted by atomic mass is 32.1. The van der Waals surface area contributed by atoms with Crippen LogP contribution in [-0.2, 0) is 45.3 Å². The van der Waals surface area contributed by atoms with Crippen molar-refractivity contribution in [1.82, 2.24) is 45.8 Å². The Morgan fingerprint density at radius 2 is 1.69 bits per heavy atom. The average Bonchev–Trinajstić information content (AvgIpc) is 4.18. The van der Waals surface area contributed by atoms with Crippen LogP contribution in [0, 0.1) is 12.3 Å². The Labute approximate surface area is 453 Å². The third-order valence-corrected chi connectivity index (χ3v) is 14.1. The fraction of sp³-hybridized carbons (Fsp3) is 0.397. The molecular formula is C58H69N9O9S. The third kappa shape index (κ3) is 15.7. The molecule has 0 spiro atoms. The predicted octanol–water partition coefficient (Wildman–Crippen LogP) is 7.70. The number of unbranched alkanes of at least 4 members (excludes halogenated alkanes) is 2. The number of para-hydroxylation sites is 1. The van der Waals surface area contributed by atoms with E-state index in [0.717, 1.165) is 40.1 Å². The topological polar surface area (TPSA) is 229 Å². The molecule has 7 rings (SSSR count). The highest BCUT2D eigenvalue weighted by Crippen LogP contribution is 2.33. The minimum absolute atomic E-state index is 0.000632. The highest BCUT2D eigenvalue weighted by molar-refractivity contribution is 7.13. The lowest BCUT2D eigenvalue weighted by Crippen LogP contribution is -2.57. The number of ketones is 1. The summed E-state index contributed by atoms with van der Waals surface area (Å²) in [5.41, 5.74) is 8.00. The van der Waals surface area contributed by atoms with Gasteiger partial charge in [0, 0.05) is 68.8 Å². The molecule has 0 saturated carbocycles. The molecule has 3 atom stereocenters. The number of amides is 4. The monoisotopic (exact) mass is 1070 g/mol. The number of carbonyl (C=O) groups excluding carboxylic acids is 5. The zero-order valence-corrected chi connectivity index (χ0v) is 45.7. The Morgan fingerprint density at radius 1 is 0.909 bits per heavy atom. The molecule has 3 aromatic carbocycles. The number of β-amino-alcohol motifs (C(OH)–C–C–N with tert-alkyl or cyclic N) is 1. The third-order valence-electron chi connectivity index (χ3n) is 13.1. The first-order valence-corrected chi connectivity index (χ1v) is 26.8. The van der Waals surface area contributed by atoms with Gasteiger partial charge >= 0.3 is 0 Å². The largest absolute Gasteiger partial charge is 0.493 e. The number of allylic oxidation sites excluding steroid dienone is 1. The van der Waals surface area contributed by atoms with Crippen LogP contribution in [0.4, 0.5) is 0 Å². The normalized spacial score (nSPS) is 14.8. The molecule has 0 radical (unpaired) electrons. The molecule has 3 aromatic heterocycles. The Hall–Kier alpha value is -7.77. The molecule has 4 N–H and O–H groups in total. The number of nitrogens with zero attached hydrogens (tertiary/aromatic N) is 6. The van der Waals surface area contributed by atoms with Crippen LogP contribution in [0.2, 0.25) is 0 Å². The molecule has 406 valence electrons. The van der Waals surface area contributed by atoms with Gasteiger partial charge in [-0.25, -0.2) is 4.98 Å². The quantitative estimate of drug-likeness (QED) is 0.0245. The summed E-state index contributed by atoms with van der Waals surface area (Å²) in [5, 5.41) is 27.9. The molecule has 1 saturated heterocycles. The maximum absolute atomic E-state index is 14.1. The van der Waals surface area contributed by atoms with E-state index in [-0.39, 0.29) is 56.0 Å². The smallest absolute Gasteiger partial charge is 0.246 e. The molecule has 1 aliphatic rings. The molecule has 1 aliphatic heterocycles. The second-order valence-electron chi connectivity index (χ2n) is 20.0. The van der Waals surface area contributed by atoms with Crippen LogP contribution in [0.1, 0.15) is 105 Å². The first-order valence-electron chi connectivity index (χ1n) is 25.9. The van der Waals surface area contributed by atoms with Crippen LogP contribution in [0.3, 0.4) is 0 Å². The fourth-order valence-electron chi connectivity index (χ4n) is 8.94. The number of pyridine rings is 1. The number of likely N-dealkylation sites (tertiary alicyclic amines) is 1. The second-order valence-corrected chi connectivity index (χ2v) is 20.9. The van der Waals surface area contributed by atoms with Crippen LogP contribution in [0.15, 0.2) is 96.8 Å².